The van der Waals surface area contributed by atoms with Crippen molar-refractivity contribution in [2.24, 2.45) is 0 Å². The minimum absolute atomic E-state index is 0.0638. The Morgan fingerprint density at radius 2 is 1.92 bits per heavy atom. The van der Waals surface area contributed by atoms with Gasteiger partial charge in [0.05, 0.1) is 24.9 Å². The maximum absolute atomic E-state index is 12.6. The van der Waals surface area contributed by atoms with E-state index in [-0.39, 0.29) is 24.4 Å². The van der Waals surface area contributed by atoms with Crippen LogP contribution in [-0.4, -0.2) is 24.9 Å². The Hall–Kier alpha value is -3.21. The number of carbonyl (C=O) groups is 2. The van der Waals surface area contributed by atoms with E-state index in [1.54, 1.807) is 6.07 Å². The second kappa shape index (κ2) is 8.06. The molecule has 0 spiro atoms. The molecule has 0 unspecified atom stereocenters. The number of hydrogen-bond acceptors (Lipinski definition) is 3. The molecule has 0 aliphatic rings. The van der Waals surface area contributed by atoms with Gasteiger partial charge >= 0.3 is 6.18 Å². The van der Waals surface area contributed by atoms with E-state index in [0.717, 1.165) is 12.1 Å². The summed E-state index contributed by atoms with van der Waals surface area (Å²) >= 11 is 0. The zero-order valence-electron chi connectivity index (χ0n) is 12.8. The molecule has 1 heterocycles. The van der Waals surface area contributed by atoms with Crippen LogP contribution in [0.3, 0.4) is 0 Å². The highest BCUT2D eigenvalue weighted by molar-refractivity contribution is 5.94. The van der Waals surface area contributed by atoms with Crippen LogP contribution in [0.15, 0.2) is 47.1 Å². The summed E-state index contributed by atoms with van der Waals surface area (Å²) < 4.78 is 42.6. The van der Waals surface area contributed by atoms with E-state index < -0.39 is 23.6 Å². The number of hydrogen-bond donors (Lipinski definition) is 2. The summed E-state index contributed by atoms with van der Waals surface area (Å²) in [7, 11) is 0. The third kappa shape index (κ3) is 5.73. The highest BCUT2D eigenvalue weighted by Gasteiger charge is 2.30. The standard InChI is InChI=1S/C17H13F3N2O3/c18-17(19,20)13-6-1-4-12(10-13)5-2-8-21-15(23)11-22-16(24)14-7-3-9-25-14/h1,3-4,6-7,9-10H,8,11H2,(H,21,23)(H,22,24). The third-order valence-corrected chi connectivity index (χ3v) is 2.95. The van der Waals surface area contributed by atoms with Crippen LogP contribution in [0.2, 0.25) is 0 Å². The molecule has 0 aliphatic carbocycles. The lowest BCUT2D eigenvalue weighted by Gasteiger charge is -2.05. The minimum Gasteiger partial charge on any atom is -0.459 e. The van der Waals surface area contributed by atoms with Crippen molar-refractivity contribution in [3.63, 3.8) is 0 Å². The molecule has 0 saturated carbocycles. The van der Waals surface area contributed by atoms with Gasteiger partial charge in [0.2, 0.25) is 5.91 Å². The second-order valence-corrected chi connectivity index (χ2v) is 4.82. The third-order valence-electron chi connectivity index (χ3n) is 2.95. The summed E-state index contributed by atoms with van der Waals surface area (Å²) in [5.74, 6) is 4.14. The van der Waals surface area contributed by atoms with Crippen molar-refractivity contribution in [1.82, 2.24) is 10.6 Å². The monoisotopic (exact) mass is 350 g/mol. The van der Waals surface area contributed by atoms with E-state index in [0.29, 0.717) is 0 Å². The largest absolute Gasteiger partial charge is 0.459 e. The van der Waals surface area contributed by atoms with Gasteiger partial charge in [-0.2, -0.15) is 13.2 Å². The summed E-state index contributed by atoms with van der Waals surface area (Å²) in [6.07, 6.45) is -3.10. The van der Waals surface area contributed by atoms with Gasteiger partial charge in [0, 0.05) is 5.56 Å². The maximum atomic E-state index is 12.6. The first-order valence-corrected chi connectivity index (χ1v) is 7.11. The summed E-state index contributed by atoms with van der Waals surface area (Å²) in [6, 6.07) is 7.57. The zero-order valence-corrected chi connectivity index (χ0v) is 12.8. The molecule has 2 amide bonds. The van der Waals surface area contributed by atoms with E-state index in [1.165, 1.54) is 24.5 Å². The number of alkyl halides is 3. The molecule has 5 nitrogen and oxygen atoms in total. The molecule has 0 bridgehead atoms. The Morgan fingerprint density at radius 3 is 2.60 bits per heavy atom. The van der Waals surface area contributed by atoms with Crippen LogP contribution in [0.1, 0.15) is 21.7 Å². The fourth-order valence-electron chi connectivity index (χ4n) is 1.78. The second-order valence-electron chi connectivity index (χ2n) is 4.82. The highest BCUT2D eigenvalue weighted by atomic mass is 19.4. The Balaban J connectivity index is 1.78. The van der Waals surface area contributed by atoms with Gasteiger partial charge in [0.25, 0.3) is 5.91 Å². The fourth-order valence-corrected chi connectivity index (χ4v) is 1.78. The minimum atomic E-state index is -4.43. The van der Waals surface area contributed by atoms with Crippen LogP contribution in [0.5, 0.6) is 0 Å². The van der Waals surface area contributed by atoms with Gasteiger partial charge < -0.3 is 15.1 Å². The molecule has 0 aliphatic heterocycles. The molecular formula is C17H13F3N2O3. The van der Waals surface area contributed by atoms with E-state index in [2.05, 4.69) is 22.5 Å². The molecule has 0 fully saturated rings. The quantitative estimate of drug-likeness (QED) is 0.831. The molecular weight excluding hydrogens is 337 g/mol. The molecule has 2 rings (SSSR count). The Labute approximate surface area is 141 Å². The molecule has 2 N–H and O–H groups in total. The summed E-state index contributed by atoms with van der Waals surface area (Å²) in [6.45, 7) is -0.337. The smallest absolute Gasteiger partial charge is 0.416 e. The molecule has 1 aromatic carbocycles. The molecule has 130 valence electrons. The summed E-state index contributed by atoms with van der Waals surface area (Å²) in [5.41, 5.74) is -0.598. The molecule has 2 aromatic rings. The lowest BCUT2D eigenvalue weighted by Crippen LogP contribution is -2.36. The highest BCUT2D eigenvalue weighted by Crippen LogP contribution is 2.29. The summed E-state index contributed by atoms with van der Waals surface area (Å²) in [4.78, 5) is 23.1. The van der Waals surface area contributed by atoms with Crippen LogP contribution >= 0.6 is 0 Å². The van der Waals surface area contributed by atoms with Crippen molar-refractivity contribution < 1.29 is 27.2 Å². The van der Waals surface area contributed by atoms with E-state index in [1.807, 2.05) is 0 Å². The molecule has 25 heavy (non-hydrogen) atoms. The van der Waals surface area contributed by atoms with Gasteiger partial charge in [0.1, 0.15) is 0 Å². The normalized spacial score (nSPS) is 10.5. The van der Waals surface area contributed by atoms with Crippen LogP contribution < -0.4 is 10.6 Å². The summed E-state index contributed by atoms with van der Waals surface area (Å²) in [5, 5.41) is 4.77. The van der Waals surface area contributed by atoms with E-state index >= 15 is 0 Å². The number of carbonyl (C=O) groups excluding carboxylic acids is 2. The van der Waals surface area contributed by atoms with Gasteiger partial charge in [-0.1, -0.05) is 17.9 Å². The van der Waals surface area contributed by atoms with Crippen LogP contribution in [0.4, 0.5) is 13.2 Å². The van der Waals surface area contributed by atoms with Crippen molar-refractivity contribution in [2.75, 3.05) is 13.1 Å². The van der Waals surface area contributed by atoms with Crippen LogP contribution in [-0.2, 0) is 11.0 Å². The van der Waals surface area contributed by atoms with Crippen molar-refractivity contribution in [1.29, 1.82) is 0 Å². The SMILES string of the molecule is O=C(CNC(=O)c1ccco1)NCC#Cc1cccc(C(F)(F)F)c1. The van der Waals surface area contributed by atoms with Crippen molar-refractivity contribution in [3.8, 4) is 11.8 Å². The first-order chi connectivity index (χ1) is 11.9. The first-order valence-electron chi connectivity index (χ1n) is 7.11. The average molecular weight is 350 g/mol. The van der Waals surface area contributed by atoms with Crippen molar-refractivity contribution in [2.45, 2.75) is 6.18 Å². The molecule has 8 heteroatoms. The lowest BCUT2D eigenvalue weighted by atomic mass is 10.1. The van der Waals surface area contributed by atoms with Gasteiger partial charge in [0.15, 0.2) is 5.76 Å². The predicted molar refractivity (Wildman–Crippen MR) is 82.4 cm³/mol. The Bertz CT molecular complexity index is 803. The van der Waals surface area contributed by atoms with Crippen LogP contribution in [0, 0.1) is 11.8 Å². The number of nitrogens with one attached hydrogen (secondary N) is 2. The van der Waals surface area contributed by atoms with Crippen LogP contribution in [0.25, 0.3) is 0 Å². The number of amides is 2. The number of halogens is 3. The molecule has 0 radical (unpaired) electrons. The van der Waals surface area contributed by atoms with E-state index in [4.69, 9.17) is 4.42 Å². The molecule has 1 aromatic heterocycles. The average Bonchev–Trinajstić information content (AvgIpc) is 3.11. The predicted octanol–water partition coefficient (Wildman–Crippen LogP) is 2.20. The molecule has 0 atom stereocenters. The fraction of sp³-hybridized carbons (Fsp3) is 0.176. The van der Waals surface area contributed by atoms with Gasteiger partial charge in [-0.3, -0.25) is 9.59 Å². The van der Waals surface area contributed by atoms with Gasteiger partial charge in [-0.25, -0.2) is 0 Å². The van der Waals surface area contributed by atoms with Gasteiger partial charge in [-0.15, -0.1) is 0 Å². The maximum Gasteiger partial charge on any atom is 0.416 e. The van der Waals surface area contributed by atoms with Crippen molar-refractivity contribution in [3.05, 3.63) is 59.5 Å². The van der Waals surface area contributed by atoms with Gasteiger partial charge in [-0.05, 0) is 30.3 Å². The zero-order chi connectivity index (χ0) is 18.3. The molecule has 0 saturated heterocycles. The first kappa shape index (κ1) is 18.1. The number of benzene rings is 1. The number of furan rings is 1. The number of rotatable bonds is 4. The lowest BCUT2D eigenvalue weighted by molar-refractivity contribution is -0.137. The van der Waals surface area contributed by atoms with E-state index in [9.17, 15) is 22.8 Å². The topological polar surface area (TPSA) is 71.3 Å². The Kier molecular flexibility index (Phi) is 5.84. The Morgan fingerprint density at radius 1 is 1.12 bits per heavy atom. The van der Waals surface area contributed by atoms with Crippen molar-refractivity contribution >= 4 is 11.8 Å².